The Hall–Kier alpha value is -3.52. The van der Waals surface area contributed by atoms with Crippen LogP contribution in [-0.2, 0) is 29.2 Å². The van der Waals surface area contributed by atoms with Gasteiger partial charge in [0.05, 0.1) is 0 Å². The first-order valence-corrected chi connectivity index (χ1v) is 34.5. The van der Waals surface area contributed by atoms with Crippen LogP contribution in [0.1, 0.15) is 132 Å². The van der Waals surface area contributed by atoms with Crippen LogP contribution in [0.15, 0.2) is 126 Å². The molecule has 6 aromatic carbocycles. The van der Waals surface area contributed by atoms with Gasteiger partial charge in [0.25, 0.3) is 0 Å². The third-order valence-electron chi connectivity index (χ3n) is 14.5. The van der Waals surface area contributed by atoms with Crippen molar-refractivity contribution >= 4 is 52.3 Å². The first kappa shape index (κ1) is 41.8. The molecule has 0 aromatic heterocycles. The third-order valence-corrected chi connectivity index (χ3v) is 37.3. The second-order valence-corrected chi connectivity index (χ2v) is 40.7. The van der Waals surface area contributed by atoms with E-state index in [9.17, 15) is 17.0 Å². The second kappa shape index (κ2) is 16.0. The van der Waals surface area contributed by atoms with Gasteiger partial charge in [-0.3, -0.25) is 0 Å². The number of hydrogen-bond donors (Lipinski definition) is 0. The molecule has 1 heterocycles. The van der Waals surface area contributed by atoms with E-state index in [1.165, 1.54) is 103 Å². The summed E-state index contributed by atoms with van der Waals surface area (Å²) in [6, 6.07) is 44.0. The number of allylic oxidation sites excluding steroid dienone is 2. The van der Waals surface area contributed by atoms with Gasteiger partial charge in [0.2, 0.25) is 0 Å². The molecule has 305 valence electrons. The van der Waals surface area contributed by atoms with E-state index in [-0.39, 0.29) is 7.25 Å². The summed E-state index contributed by atoms with van der Waals surface area (Å²) in [7, 11) is 17.9. The van der Waals surface area contributed by atoms with E-state index in [0.29, 0.717) is 11.8 Å². The van der Waals surface area contributed by atoms with Crippen molar-refractivity contribution in [2.75, 3.05) is 0 Å². The fourth-order valence-corrected chi connectivity index (χ4v) is 40.0. The van der Waals surface area contributed by atoms with E-state index >= 15 is 0 Å². The van der Waals surface area contributed by atoms with E-state index in [1.807, 2.05) is 0 Å². The van der Waals surface area contributed by atoms with Crippen molar-refractivity contribution in [2.45, 2.75) is 100 Å². The number of hydrogen-bond acceptors (Lipinski definition) is 0. The van der Waals surface area contributed by atoms with Crippen LogP contribution in [0, 0.1) is 0 Å². The van der Waals surface area contributed by atoms with Gasteiger partial charge in [-0.2, -0.15) is 0 Å². The van der Waals surface area contributed by atoms with E-state index in [1.54, 1.807) is 0 Å². The summed E-state index contributed by atoms with van der Waals surface area (Å²) in [5.41, 5.74) is 21.9. The maximum absolute atomic E-state index is 9.40. The Morgan fingerprint density at radius 2 is 0.950 bits per heavy atom. The van der Waals surface area contributed by atoms with Gasteiger partial charge >= 0.3 is 373 Å². The number of aryl methyl sites for hydroxylation is 2. The second-order valence-electron chi connectivity index (χ2n) is 18.2. The fourth-order valence-electron chi connectivity index (χ4n) is 11.7. The molecule has 60 heavy (non-hydrogen) atoms. The topological polar surface area (TPSA) is 0 Å². The van der Waals surface area contributed by atoms with Crippen LogP contribution in [-0.4, -0.2) is 9.52 Å². The van der Waals surface area contributed by atoms with Gasteiger partial charge < -0.3 is 0 Å². The standard InChI is InChI=1S/2C22H25.C12H9Si.2ClH.Zr/c2*1-5-16-13-18-11-12-19(15(3)4)22(21(18)14-16)20-10-8-7-9-17(20)6-2;1-3-7-11-9(5-1)10-6-2-4-8-12(10)13-11;;;/h2*7-15H,5-6H2,1-4H3;1-7H,13H2;2*1H;/q;;;;;+2/p-2. The summed E-state index contributed by atoms with van der Waals surface area (Å²) in [5, 5.41) is 2.98. The molecule has 0 amide bonds. The molecule has 2 unspecified atom stereocenters. The van der Waals surface area contributed by atoms with Crippen LogP contribution < -0.4 is 13.6 Å². The molecule has 0 saturated carbocycles. The van der Waals surface area contributed by atoms with Crippen molar-refractivity contribution in [3.63, 3.8) is 0 Å². The number of benzene rings is 6. The molecule has 9 rings (SSSR count). The predicted octanol–water partition coefficient (Wildman–Crippen LogP) is 14.2. The molecule has 2 atom stereocenters. The molecule has 0 nitrogen and oxygen atoms in total. The summed E-state index contributed by atoms with van der Waals surface area (Å²) in [4.78, 5) is 0. The first-order valence-electron chi connectivity index (χ1n) is 22.6. The minimum atomic E-state index is -5.64. The summed E-state index contributed by atoms with van der Waals surface area (Å²) >= 11 is -5.64. The van der Waals surface area contributed by atoms with Gasteiger partial charge in [-0.1, -0.05) is 0 Å². The van der Waals surface area contributed by atoms with Crippen LogP contribution in [0.4, 0.5) is 0 Å². The first-order chi connectivity index (χ1) is 29.0. The van der Waals surface area contributed by atoms with Crippen LogP contribution in [0.2, 0.25) is 0 Å². The maximum atomic E-state index is 9.40. The molecule has 0 radical (unpaired) electrons. The molecular formula is C56H59Cl2SiZr. The predicted molar refractivity (Wildman–Crippen MR) is 264 cm³/mol. The summed E-state index contributed by atoms with van der Waals surface area (Å²) in [6.45, 7) is 18.6. The molecule has 0 saturated heterocycles. The normalized spacial score (nSPS) is 17.6. The van der Waals surface area contributed by atoms with Gasteiger partial charge in [-0.05, 0) is 0 Å². The fraction of sp³-hybridized carbons (Fsp3) is 0.286. The Kier molecular flexibility index (Phi) is 11.1. The zero-order valence-electron chi connectivity index (χ0n) is 36.7. The quantitative estimate of drug-likeness (QED) is 0.113. The average Bonchev–Trinajstić information content (AvgIpc) is 3.97. The van der Waals surface area contributed by atoms with Gasteiger partial charge in [-0.25, -0.2) is 0 Å². The van der Waals surface area contributed by atoms with E-state index < -0.39 is 25.9 Å². The molecule has 4 heteroatoms. The third kappa shape index (κ3) is 6.28. The SMILES string of the molecule is CCC1=Cc2c(ccc(C(C)C)c2-c2ccccc2CC)[CH]1[Zr]([Cl])([Cl])([c]1cccc2c1[SiH2]c1ccccc1-2)[CH]1C(CC)=Cc2c1ccc(C(C)C)c2-c1ccccc1CC. The molecular weight excluding hydrogens is 863 g/mol. The van der Waals surface area contributed by atoms with Gasteiger partial charge in [0.1, 0.15) is 0 Å². The van der Waals surface area contributed by atoms with Gasteiger partial charge in [-0.15, -0.1) is 0 Å². The summed E-state index contributed by atoms with van der Waals surface area (Å²) in [6.07, 6.45) is 8.86. The Labute approximate surface area is 370 Å². The van der Waals surface area contributed by atoms with Crippen LogP contribution in [0.5, 0.6) is 0 Å². The van der Waals surface area contributed by atoms with Crippen molar-refractivity contribution in [3.05, 3.63) is 171 Å². The Morgan fingerprint density at radius 1 is 0.500 bits per heavy atom. The number of rotatable bonds is 11. The minimum absolute atomic E-state index is 0.0882. The zero-order valence-corrected chi connectivity index (χ0v) is 42.1. The molecule has 0 spiro atoms. The Bertz CT molecular complexity index is 2610. The molecule has 0 N–H and O–H groups in total. The van der Waals surface area contributed by atoms with E-state index in [2.05, 4.69) is 183 Å². The van der Waals surface area contributed by atoms with Crippen LogP contribution in [0.3, 0.4) is 0 Å². The Morgan fingerprint density at radius 3 is 1.42 bits per heavy atom. The van der Waals surface area contributed by atoms with Crippen LogP contribution in [0.25, 0.3) is 45.5 Å². The molecule has 0 bridgehead atoms. The number of fused-ring (bicyclic) bond motifs is 5. The summed E-state index contributed by atoms with van der Waals surface area (Å²) in [5.74, 6) is 0.722. The molecule has 3 aliphatic rings. The van der Waals surface area contributed by atoms with Crippen molar-refractivity contribution in [1.29, 1.82) is 0 Å². The van der Waals surface area contributed by atoms with Gasteiger partial charge in [0.15, 0.2) is 0 Å². The van der Waals surface area contributed by atoms with Crippen molar-refractivity contribution < 1.29 is 16.4 Å². The van der Waals surface area contributed by atoms with Crippen LogP contribution >= 0.6 is 17.0 Å². The molecule has 6 aromatic rings. The van der Waals surface area contributed by atoms with E-state index in [4.69, 9.17) is 0 Å². The van der Waals surface area contributed by atoms with E-state index in [0.717, 1.165) is 25.7 Å². The monoisotopic (exact) mass is 919 g/mol. The average molecular weight is 922 g/mol. The number of halogens is 2. The summed E-state index contributed by atoms with van der Waals surface area (Å²) < 4.78 is 1.13. The van der Waals surface area contributed by atoms with Crippen molar-refractivity contribution in [1.82, 2.24) is 0 Å². The molecule has 1 aliphatic heterocycles. The zero-order chi connectivity index (χ0) is 42.1. The van der Waals surface area contributed by atoms with Crippen molar-refractivity contribution in [2.24, 2.45) is 0 Å². The van der Waals surface area contributed by atoms with Crippen molar-refractivity contribution in [3.8, 4) is 33.4 Å². The molecule has 0 fully saturated rings. The van der Waals surface area contributed by atoms with Gasteiger partial charge in [0, 0.05) is 0 Å². The molecule has 2 aliphatic carbocycles. The Balaban J connectivity index is 1.40.